The Morgan fingerprint density at radius 3 is 2.60 bits per heavy atom. The van der Waals surface area contributed by atoms with Crippen molar-refractivity contribution in [1.82, 2.24) is 4.98 Å². The molecule has 162 valence electrons. The van der Waals surface area contributed by atoms with Crippen LogP contribution in [0.25, 0.3) is 0 Å². The van der Waals surface area contributed by atoms with Crippen LogP contribution in [-0.4, -0.2) is 28.9 Å². The first-order valence-electron chi connectivity index (χ1n) is 12.1. The summed E-state index contributed by atoms with van der Waals surface area (Å²) in [5.41, 5.74) is 0.631. The maximum Gasteiger partial charge on any atom is 0.126 e. The quantitative estimate of drug-likeness (QED) is 0.649. The van der Waals surface area contributed by atoms with E-state index in [0.717, 1.165) is 42.7 Å². The molecule has 0 aromatic carbocycles. The van der Waals surface area contributed by atoms with E-state index in [4.69, 9.17) is 4.74 Å². The summed E-state index contributed by atoms with van der Waals surface area (Å²) in [7, 11) is 1.91. The van der Waals surface area contributed by atoms with Crippen LogP contribution < -0.4 is 0 Å². The Labute approximate surface area is 182 Å². The molecule has 4 fully saturated rings. The van der Waals surface area contributed by atoms with E-state index in [1.807, 2.05) is 25.3 Å². The number of nitrogens with zero attached hydrogens (tertiary/aromatic N) is 1. The van der Waals surface area contributed by atoms with Crippen molar-refractivity contribution in [2.45, 2.75) is 83.3 Å². The third-order valence-electron chi connectivity index (χ3n) is 10.0. The molecule has 0 spiro atoms. The highest BCUT2D eigenvalue weighted by Gasteiger charge is 2.61. The van der Waals surface area contributed by atoms with Gasteiger partial charge in [0.25, 0.3) is 0 Å². The molecule has 30 heavy (non-hydrogen) atoms. The first kappa shape index (κ1) is 20.5. The number of pyridine rings is 1. The standard InChI is InChI=1S/C27H37NO2/c1-25-15-16-27(29,14-11-20-6-4-5-17-28-20)18-19(25)7-8-21-22-9-10-24(30-3)26(22,2)13-12-23(21)25/h4-6,17,19,21-24,29H,7-10,12-13,15-16,18H2,1-3H3/t19-,21+,22+,23+,24+,25+,26+,27-/m1/s1. The molecular formula is C27H37NO2. The molecule has 0 amide bonds. The summed E-state index contributed by atoms with van der Waals surface area (Å²) in [6.45, 7) is 5.06. The van der Waals surface area contributed by atoms with Crippen LogP contribution in [0.2, 0.25) is 0 Å². The van der Waals surface area contributed by atoms with Gasteiger partial charge in [-0.05, 0) is 110 Å². The molecule has 0 saturated heterocycles. The normalized spacial score (nSPS) is 47.4. The predicted octanol–water partition coefficient (Wildman–Crippen LogP) is 5.22. The van der Waals surface area contributed by atoms with E-state index in [1.165, 1.54) is 38.5 Å². The molecule has 4 aliphatic rings. The second-order valence-corrected chi connectivity index (χ2v) is 11.2. The molecule has 1 aromatic heterocycles. The summed E-state index contributed by atoms with van der Waals surface area (Å²) in [4.78, 5) is 4.30. The maximum atomic E-state index is 11.3. The van der Waals surface area contributed by atoms with Gasteiger partial charge in [0, 0.05) is 13.3 Å². The van der Waals surface area contributed by atoms with Crippen molar-refractivity contribution in [3.05, 3.63) is 30.1 Å². The summed E-state index contributed by atoms with van der Waals surface area (Å²) < 4.78 is 5.93. The van der Waals surface area contributed by atoms with E-state index < -0.39 is 5.60 Å². The second-order valence-electron chi connectivity index (χ2n) is 11.2. The zero-order chi connectivity index (χ0) is 21.0. The molecule has 0 radical (unpaired) electrons. The van der Waals surface area contributed by atoms with Crippen molar-refractivity contribution in [2.24, 2.45) is 34.5 Å². The van der Waals surface area contributed by atoms with E-state index in [2.05, 4.69) is 30.7 Å². The fraction of sp³-hybridized carbons (Fsp3) is 0.741. The lowest BCUT2D eigenvalue weighted by molar-refractivity contribution is -0.146. The first-order chi connectivity index (χ1) is 14.4. The van der Waals surface area contributed by atoms with Crippen molar-refractivity contribution in [3.63, 3.8) is 0 Å². The van der Waals surface area contributed by atoms with Crippen molar-refractivity contribution >= 4 is 0 Å². The first-order valence-corrected chi connectivity index (χ1v) is 12.1. The predicted molar refractivity (Wildman–Crippen MR) is 119 cm³/mol. The lowest BCUT2D eigenvalue weighted by atomic mass is 9.44. The Morgan fingerprint density at radius 2 is 1.83 bits per heavy atom. The minimum Gasteiger partial charge on any atom is -0.381 e. The number of hydrogen-bond acceptors (Lipinski definition) is 3. The van der Waals surface area contributed by atoms with Gasteiger partial charge in [-0.25, -0.2) is 4.98 Å². The van der Waals surface area contributed by atoms with Crippen LogP contribution in [0.15, 0.2) is 24.4 Å². The fourth-order valence-electron chi connectivity index (χ4n) is 8.32. The lowest BCUT2D eigenvalue weighted by Gasteiger charge is -2.61. The average Bonchev–Trinajstić information content (AvgIpc) is 3.10. The van der Waals surface area contributed by atoms with E-state index in [1.54, 1.807) is 6.20 Å². The minimum atomic E-state index is -0.855. The molecule has 0 bridgehead atoms. The molecule has 3 heteroatoms. The zero-order valence-corrected chi connectivity index (χ0v) is 18.9. The summed E-state index contributed by atoms with van der Waals surface area (Å²) in [5, 5.41) is 11.3. The monoisotopic (exact) mass is 407 g/mol. The van der Waals surface area contributed by atoms with Crippen LogP contribution in [0, 0.1) is 46.3 Å². The molecule has 8 atom stereocenters. The van der Waals surface area contributed by atoms with Gasteiger partial charge >= 0.3 is 0 Å². The number of methoxy groups -OCH3 is 1. The number of aromatic nitrogens is 1. The number of ether oxygens (including phenoxy) is 1. The average molecular weight is 408 g/mol. The highest BCUT2D eigenvalue weighted by atomic mass is 16.5. The van der Waals surface area contributed by atoms with Gasteiger partial charge in [-0.1, -0.05) is 25.8 Å². The molecule has 4 saturated carbocycles. The van der Waals surface area contributed by atoms with Crippen LogP contribution in [0.1, 0.15) is 77.3 Å². The smallest absolute Gasteiger partial charge is 0.126 e. The summed E-state index contributed by atoms with van der Waals surface area (Å²) >= 11 is 0. The summed E-state index contributed by atoms with van der Waals surface area (Å²) in [5.74, 6) is 9.41. The largest absolute Gasteiger partial charge is 0.381 e. The molecule has 5 rings (SSSR count). The molecule has 1 heterocycles. The molecule has 0 unspecified atom stereocenters. The van der Waals surface area contributed by atoms with Gasteiger partial charge in [0.1, 0.15) is 11.3 Å². The van der Waals surface area contributed by atoms with Crippen LogP contribution >= 0.6 is 0 Å². The molecular weight excluding hydrogens is 370 g/mol. The number of hydrogen-bond donors (Lipinski definition) is 1. The van der Waals surface area contributed by atoms with Crippen LogP contribution in [0.4, 0.5) is 0 Å². The van der Waals surface area contributed by atoms with Gasteiger partial charge in [-0.2, -0.15) is 0 Å². The summed E-state index contributed by atoms with van der Waals surface area (Å²) in [6.07, 6.45) is 12.7. The summed E-state index contributed by atoms with van der Waals surface area (Å²) in [6, 6.07) is 5.77. The highest BCUT2D eigenvalue weighted by molar-refractivity contribution is 5.31. The van der Waals surface area contributed by atoms with Gasteiger partial charge < -0.3 is 9.84 Å². The van der Waals surface area contributed by atoms with Gasteiger partial charge in [0.05, 0.1) is 6.10 Å². The van der Waals surface area contributed by atoms with E-state index in [0.29, 0.717) is 22.9 Å². The Balaban J connectivity index is 1.35. The highest BCUT2D eigenvalue weighted by Crippen LogP contribution is 2.67. The van der Waals surface area contributed by atoms with Gasteiger partial charge in [-0.15, -0.1) is 0 Å². The van der Waals surface area contributed by atoms with Gasteiger partial charge in [0.2, 0.25) is 0 Å². The Bertz CT molecular complexity index is 843. The SMILES string of the molecule is CO[C@H]1CC[C@H]2[C@@H]3CC[C@@H]4C[C@@](O)(C#Cc5ccccn5)CC[C@]4(C)[C@H]3CC[C@]12C. The zero-order valence-electron chi connectivity index (χ0n) is 18.9. The van der Waals surface area contributed by atoms with Crippen LogP contribution in [0.3, 0.4) is 0 Å². The van der Waals surface area contributed by atoms with Crippen molar-refractivity contribution in [1.29, 1.82) is 0 Å². The molecule has 1 aromatic rings. The number of aliphatic hydroxyl groups is 1. The van der Waals surface area contributed by atoms with E-state index >= 15 is 0 Å². The number of fused-ring (bicyclic) bond motifs is 5. The third-order valence-corrected chi connectivity index (χ3v) is 10.0. The molecule has 1 N–H and O–H groups in total. The Hall–Kier alpha value is -1.37. The fourth-order valence-corrected chi connectivity index (χ4v) is 8.32. The lowest BCUT2D eigenvalue weighted by Crippen LogP contribution is -2.56. The van der Waals surface area contributed by atoms with E-state index in [-0.39, 0.29) is 0 Å². The van der Waals surface area contributed by atoms with Crippen LogP contribution in [0.5, 0.6) is 0 Å². The van der Waals surface area contributed by atoms with Crippen molar-refractivity contribution < 1.29 is 9.84 Å². The Kier molecular flexibility index (Phi) is 5.03. The topological polar surface area (TPSA) is 42.4 Å². The molecule has 4 aliphatic carbocycles. The number of rotatable bonds is 1. The van der Waals surface area contributed by atoms with Gasteiger partial charge in [-0.3, -0.25) is 0 Å². The maximum absolute atomic E-state index is 11.3. The third kappa shape index (κ3) is 3.14. The van der Waals surface area contributed by atoms with Crippen LogP contribution in [-0.2, 0) is 4.74 Å². The van der Waals surface area contributed by atoms with E-state index in [9.17, 15) is 5.11 Å². The second kappa shape index (κ2) is 7.35. The Morgan fingerprint density at radius 1 is 1.00 bits per heavy atom. The van der Waals surface area contributed by atoms with Crippen molar-refractivity contribution in [3.8, 4) is 11.8 Å². The van der Waals surface area contributed by atoms with Crippen molar-refractivity contribution in [2.75, 3.05) is 7.11 Å². The molecule has 0 aliphatic heterocycles. The van der Waals surface area contributed by atoms with Gasteiger partial charge in [0.15, 0.2) is 0 Å². The minimum absolute atomic E-state index is 0.355. The molecule has 3 nitrogen and oxygen atoms in total.